The second kappa shape index (κ2) is 8.03. The minimum atomic E-state index is -0.920. The molecular weight excluding hydrogens is 332 g/mol. The van der Waals surface area contributed by atoms with Crippen molar-refractivity contribution in [3.05, 3.63) is 77.5 Å². The van der Waals surface area contributed by atoms with Gasteiger partial charge in [-0.2, -0.15) is 0 Å². The molecular formula is C20H20N2O2S. The second-order valence-corrected chi connectivity index (χ2v) is 7.35. The number of para-hydroxylation sites is 1. The van der Waals surface area contributed by atoms with Crippen LogP contribution in [-0.4, -0.2) is 27.9 Å². The highest BCUT2D eigenvalue weighted by molar-refractivity contribution is 7.83. The Morgan fingerprint density at radius 2 is 1.92 bits per heavy atom. The molecule has 0 aliphatic rings. The van der Waals surface area contributed by atoms with Crippen molar-refractivity contribution >= 4 is 27.6 Å². The minimum absolute atomic E-state index is 0.114. The van der Waals surface area contributed by atoms with Gasteiger partial charge in [0.2, 0.25) is 0 Å². The van der Waals surface area contributed by atoms with Gasteiger partial charge in [0.15, 0.2) is 0 Å². The quantitative estimate of drug-likeness (QED) is 0.742. The summed E-state index contributed by atoms with van der Waals surface area (Å²) in [6.07, 6.45) is 4.16. The molecule has 4 nitrogen and oxygen atoms in total. The third kappa shape index (κ3) is 4.51. The summed E-state index contributed by atoms with van der Waals surface area (Å²) >= 11 is 0. The molecule has 0 radical (unpaired) electrons. The van der Waals surface area contributed by atoms with Gasteiger partial charge in [-0.05, 0) is 35.7 Å². The van der Waals surface area contributed by atoms with Crippen LogP contribution in [0, 0.1) is 0 Å². The zero-order chi connectivity index (χ0) is 17.6. The van der Waals surface area contributed by atoms with E-state index in [2.05, 4.69) is 10.3 Å². The van der Waals surface area contributed by atoms with Crippen LogP contribution in [0.4, 0.5) is 0 Å². The molecule has 25 heavy (non-hydrogen) atoms. The number of pyridine rings is 1. The Labute approximate surface area is 149 Å². The molecule has 128 valence electrons. The zero-order valence-corrected chi connectivity index (χ0v) is 14.9. The summed E-state index contributed by atoms with van der Waals surface area (Å²) < 4.78 is 11.3. The summed E-state index contributed by atoms with van der Waals surface area (Å²) in [6.45, 7) is 0.540. The minimum Gasteiger partial charge on any atom is -0.352 e. The molecule has 1 heterocycles. The number of hydrogen-bond acceptors (Lipinski definition) is 3. The van der Waals surface area contributed by atoms with Crippen LogP contribution in [0.25, 0.3) is 10.9 Å². The van der Waals surface area contributed by atoms with Crippen LogP contribution in [0.2, 0.25) is 0 Å². The Morgan fingerprint density at radius 1 is 1.12 bits per heavy atom. The van der Waals surface area contributed by atoms with Crippen LogP contribution in [0.15, 0.2) is 60.8 Å². The summed E-state index contributed by atoms with van der Waals surface area (Å²) in [4.78, 5) is 16.8. The number of carbonyl (C=O) groups excluding carboxylic acids is 1. The topological polar surface area (TPSA) is 59.1 Å². The van der Waals surface area contributed by atoms with Gasteiger partial charge in [0.1, 0.15) is 0 Å². The smallest absolute Gasteiger partial charge is 0.251 e. The molecule has 0 bridgehead atoms. The second-order valence-electron chi connectivity index (χ2n) is 5.92. The van der Waals surface area contributed by atoms with Crippen molar-refractivity contribution in [3.8, 4) is 0 Å². The average Bonchev–Trinajstić information content (AvgIpc) is 2.61. The molecule has 1 N–H and O–H groups in total. The SMILES string of the molecule is CS(=O)Cc1cccc(C(=O)NCCc2cccc3cccnc23)c1. The van der Waals surface area contributed by atoms with Crippen LogP contribution < -0.4 is 5.32 Å². The first-order valence-electron chi connectivity index (χ1n) is 8.13. The van der Waals surface area contributed by atoms with Gasteiger partial charge in [0.05, 0.1) is 5.52 Å². The molecule has 0 aliphatic heterocycles. The number of aromatic nitrogens is 1. The third-order valence-corrected chi connectivity index (χ3v) is 4.70. The van der Waals surface area contributed by atoms with Crippen LogP contribution >= 0.6 is 0 Å². The third-order valence-electron chi connectivity index (χ3n) is 3.96. The molecule has 3 rings (SSSR count). The lowest BCUT2D eigenvalue weighted by Crippen LogP contribution is -2.25. The number of nitrogens with zero attached hydrogens (tertiary/aromatic N) is 1. The molecule has 1 unspecified atom stereocenters. The van der Waals surface area contributed by atoms with Crippen molar-refractivity contribution in [1.82, 2.24) is 10.3 Å². The van der Waals surface area contributed by atoms with Gasteiger partial charge >= 0.3 is 0 Å². The van der Waals surface area contributed by atoms with E-state index in [-0.39, 0.29) is 5.91 Å². The Hall–Kier alpha value is -2.53. The van der Waals surface area contributed by atoms with Crippen molar-refractivity contribution in [2.24, 2.45) is 0 Å². The van der Waals surface area contributed by atoms with E-state index >= 15 is 0 Å². The molecule has 0 saturated carbocycles. The van der Waals surface area contributed by atoms with Crippen LogP contribution in [-0.2, 0) is 23.0 Å². The molecule has 0 saturated heterocycles. The van der Waals surface area contributed by atoms with Crippen LogP contribution in [0.5, 0.6) is 0 Å². The number of fused-ring (bicyclic) bond motifs is 1. The number of amides is 1. The molecule has 1 atom stereocenters. The lowest BCUT2D eigenvalue weighted by Gasteiger charge is -2.08. The van der Waals surface area contributed by atoms with Crippen molar-refractivity contribution in [2.45, 2.75) is 12.2 Å². The molecule has 3 aromatic rings. The molecule has 2 aromatic carbocycles. The highest BCUT2D eigenvalue weighted by Gasteiger charge is 2.07. The Morgan fingerprint density at radius 3 is 2.76 bits per heavy atom. The van der Waals surface area contributed by atoms with Gasteiger partial charge in [-0.1, -0.05) is 36.4 Å². The average molecular weight is 352 g/mol. The molecule has 1 aromatic heterocycles. The van der Waals surface area contributed by atoms with Gasteiger partial charge in [-0.15, -0.1) is 0 Å². The first-order chi connectivity index (χ1) is 12.1. The predicted molar refractivity (Wildman–Crippen MR) is 102 cm³/mol. The van der Waals surface area contributed by atoms with E-state index in [0.717, 1.165) is 28.5 Å². The summed E-state index contributed by atoms with van der Waals surface area (Å²) in [5, 5.41) is 4.05. The summed E-state index contributed by atoms with van der Waals surface area (Å²) in [6, 6.07) is 17.3. The lowest BCUT2D eigenvalue weighted by atomic mass is 10.1. The van der Waals surface area contributed by atoms with E-state index in [1.165, 1.54) is 0 Å². The first kappa shape index (κ1) is 17.3. The number of benzene rings is 2. The van der Waals surface area contributed by atoms with Crippen LogP contribution in [0.3, 0.4) is 0 Å². The van der Waals surface area contributed by atoms with Crippen molar-refractivity contribution in [2.75, 3.05) is 12.8 Å². The maximum atomic E-state index is 12.3. The van der Waals surface area contributed by atoms with E-state index in [1.54, 1.807) is 24.6 Å². The first-order valence-corrected chi connectivity index (χ1v) is 9.86. The molecule has 1 amide bonds. The van der Waals surface area contributed by atoms with Gasteiger partial charge in [0.25, 0.3) is 5.91 Å². The van der Waals surface area contributed by atoms with Gasteiger partial charge < -0.3 is 5.32 Å². The Balaban J connectivity index is 1.63. The highest BCUT2D eigenvalue weighted by Crippen LogP contribution is 2.16. The van der Waals surface area contributed by atoms with E-state index in [4.69, 9.17) is 0 Å². The van der Waals surface area contributed by atoms with E-state index < -0.39 is 10.8 Å². The fraction of sp³-hybridized carbons (Fsp3) is 0.200. The van der Waals surface area contributed by atoms with Crippen molar-refractivity contribution in [1.29, 1.82) is 0 Å². The summed E-state index contributed by atoms with van der Waals surface area (Å²) in [5.74, 6) is 0.347. The Bertz CT molecular complexity index is 919. The maximum absolute atomic E-state index is 12.3. The number of carbonyl (C=O) groups is 1. The molecule has 0 aliphatic carbocycles. The van der Waals surface area contributed by atoms with Crippen molar-refractivity contribution < 1.29 is 9.00 Å². The number of rotatable bonds is 6. The maximum Gasteiger partial charge on any atom is 0.251 e. The van der Waals surface area contributed by atoms with Gasteiger partial charge in [-0.3, -0.25) is 14.0 Å². The predicted octanol–water partition coefficient (Wildman–Crippen LogP) is 3.09. The van der Waals surface area contributed by atoms with E-state index in [1.807, 2.05) is 42.5 Å². The Kier molecular flexibility index (Phi) is 5.56. The monoisotopic (exact) mass is 352 g/mol. The highest BCUT2D eigenvalue weighted by atomic mass is 32.2. The molecule has 0 spiro atoms. The normalized spacial score (nSPS) is 12.0. The van der Waals surface area contributed by atoms with Crippen molar-refractivity contribution in [3.63, 3.8) is 0 Å². The van der Waals surface area contributed by atoms with E-state index in [9.17, 15) is 9.00 Å². The van der Waals surface area contributed by atoms with E-state index in [0.29, 0.717) is 17.9 Å². The van der Waals surface area contributed by atoms with Gasteiger partial charge in [0, 0.05) is 46.5 Å². The number of nitrogens with one attached hydrogen (secondary N) is 1. The molecule has 0 fully saturated rings. The van der Waals surface area contributed by atoms with Crippen LogP contribution in [0.1, 0.15) is 21.5 Å². The zero-order valence-electron chi connectivity index (χ0n) is 14.1. The summed E-state index contributed by atoms with van der Waals surface area (Å²) in [7, 11) is -0.920. The molecule has 5 heteroatoms. The van der Waals surface area contributed by atoms with Gasteiger partial charge in [-0.25, -0.2) is 0 Å². The largest absolute Gasteiger partial charge is 0.352 e. The standard InChI is InChI=1S/C20H20N2O2S/c1-25(24)14-15-5-2-8-18(13-15)20(23)22-12-10-17-7-3-6-16-9-4-11-21-19(16)17/h2-9,11,13H,10,12,14H2,1H3,(H,22,23). The fourth-order valence-corrected chi connectivity index (χ4v) is 3.47. The number of hydrogen-bond donors (Lipinski definition) is 1. The fourth-order valence-electron chi connectivity index (χ4n) is 2.82. The lowest BCUT2D eigenvalue weighted by molar-refractivity contribution is 0.0954. The summed E-state index contributed by atoms with van der Waals surface area (Å²) in [5.41, 5.74) is 3.60.